The number of hydrogen-bond acceptors (Lipinski definition) is 3. The molecule has 132 valence electrons. The van der Waals surface area contributed by atoms with Gasteiger partial charge < -0.3 is 15.0 Å². The van der Waals surface area contributed by atoms with E-state index in [0.29, 0.717) is 0 Å². The number of H-pyrrole nitrogens is 1. The minimum absolute atomic E-state index is 0.00407. The fraction of sp³-hybridized carbons (Fsp3) is 0.294. The number of hydrogen-bond donors (Lipinski definition) is 2. The standard InChI is InChI=1S/C17H15F3N2O3/c18-17(19,20)12-5-2-1-4-11(12)14-8-10(23)9-22(14)16(25)13-6-3-7-15(24)21-13/h1-7,10,14,23H,8-9H2,(H,21,24)/t10-,14-/m0/s1. The zero-order valence-corrected chi connectivity index (χ0v) is 13.0. The molecule has 5 nitrogen and oxygen atoms in total. The third kappa shape index (κ3) is 3.43. The summed E-state index contributed by atoms with van der Waals surface area (Å²) in [6, 6.07) is 8.06. The Morgan fingerprint density at radius 3 is 2.56 bits per heavy atom. The fourth-order valence-corrected chi connectivity index (χ4v) is 3.11. The van der Waals surface area contributed by atoms with Gasteiger partial charge in [-0.15, -0.1) is 0 Å². The highest BCUT2D eigenvalue weighted by Crippen LogP contribution is 2.40. The number of likely N-dealkylation sites (tertiary alicyclic amines) is 1. The van der Waals surface area contributed by atoms with Crippen molar-refractivity contribution < 1.29 is 23.1 Å². The summed E-state index contributed by atoms with van der Waals surface area (Å²) in [5.74, 6) is -0.628. The molecule has 8 heteroatoms. The monoisotopic (exact) mass is 352 g/mol. The van der Waals surface area contributed by atoms with Crippen molar-refractivity contribution in [3.8, 4) is 0 Å². The Kier molecular flexibility index (Phi) is 4.38. The molecule has 0 saturated carbocycles. The molecule has 1 saturated heterocycles. The predicted molar refractivity (Wildman–Crippen MR) is 82.9 cm³/mol. The van der Waals surface area contributed by atoms with Crippen LogP contribution in [-0.4, -0.2) is 33.5 Å². The van der Waals surface area contributed by atoms with Crippen LogP contribution in [0.1, 0.15) is 34.1 Å². The van der Waals surface area contributed by atoms with E-state index in [-0.39, 0.29) is 24.2 Å². The largest absolute Gasteiger partial charge is 0.416 e. The molecule has 0 aliphatic carbocycles. The maximum atomic E-state index is 13.3. The van der Waals surface area contributed by atoms with Crippen molar-refractivity contribution in [2.24, 2.45) is 0 Å². The van der Waals surface area contributed by atoms with Crippen molar-refractivity contribution in [1.29, 1.82) is 0 Å². The smallest absolute Gasteiger partial charge is 0.391 e. The van der Waals surface area contributed by atoms with Gasteiger partial charge in [0.15, 0.2) is 0 Å². The van der Waals surface area contributed by atoms with Crippen LogP contribution in [0.4, 0.5) is 13.2 Å². The minimum atomic E-state index is -4.57. The van der Waals surface area contributed by atoms with Crippen LogP contribution in [0.5, 0.6) is 0 Å². The van der Waals surface area contributed by atoms with Gasteiger partial charge in [-0.25, -0.2) is 0 Å². The van der Waals surface area contributed by atoms with Crippen molar-refractivity contribution >= 4 is 5.91 Å². The number of pyridine rings is 1. The van der Waals surface area contributed by atoms with Crippen LogP contribution in [0.3, 0.4) is 0 Å². The van der Waals surface area contributed by atoms with Gasteiger partial charge in [0.2, 0.25) is 5.56 Å². The number of aromatic nitrogens is 1. The van der Waals surface area contributed by atoms with Gasteiger partial charge >= 0.3 is 6.18 Å². The average Bonchev–Trinajstić information content (AvgIpc) is 2.95. The van der Waals surface area contributed by atoms with Gasteiger partial charge in [-0.3, -0.25) is 9.59 Å². The molecule has 0 spiro atoms. The molecule has 2 heterocycles. The summed E-state index contributed by atoms with van der Waals surface area (Å²) in [5.41, 5.74) is -1.43. The van der Waals surface area contributed by atoms with Crippen LogP contribution in [0.15, 0.2) is 47.3 Å². The van der Waals surface area contributed by atoms with E-state index < -0.39 is 35.4 Å². The van der Waals surface area contributed by atoms with E-state index in [0.717, 1.165) is 6.07 Å². The maximum Gasteiger partial charge on any atom is 0.416 e. The molecule has 0 unspecified atom stereocenters. The second kappa shape index (κ2) is 6.36. The van der Waals surface area contributed by atoms with Crippen LogP contribution in [-0.2, 0) is 6.18 Å². The summed E-state index contributed by atoms with van der Waals surface area (Å²) in [7, 11) is 0. The summed E-state index contributed by atoms with van der Waals surface area (Å²) in [6.45, 7) is -0.105. The van der Waals surface area contributed by atoms with E-state index in [4.69, 9.17) is 0 Å². The summed E-state index contributed by atoms with van der Waals surface area (Å²) in [6.07, 6.45) is -5.51. The second-order valence-electron chi connectivity index (χ2n) is 5.88. The molecule has 1 aliphatic rings. The number of aliphatic hydroxyl groups excluding tert-OH is 1. The number of aliphatic hydroxyl groups is 1. The first-order valence-electron chi connectivity index (χ1n) is 7.62. The molecule has 3 rings (SSSR count). The highest BCUT2D eigenvalue weighted by atomic mass is 19.4. The number of aromatic amines is 1. The van der Waals surface area contributed by atoms with Gasteiger partial charge in [0.05, 0.1) is 17.7 Å². The highest BCUT2D eigenvalue weighted by Gasteiger charge is 2.41. The normalized spacial score (nSPS) is 20.7. The quantitative estimate of drug-likeness (QED) is 0.871. The molecule has 25 heavy (non-hydrogen) atoms. The SMILES string of the molecule is O=C(c1cccc(=O)[nH]1)N1C[C@@H](O)C[C@H]1c1ccccc1C(F)(F)F. The number of carbonyl (C=O) groups excluding carboxylic acids is 1. The third-order valence-corrected chi connectivity index (χ3v) is 4.16. The Balaban J connectivity index is 2.01. The Morgan fingerprint density at radius 2 is 1.88 bits per heavy atom. The van der Waals surface area contributed by atoms with E-state index in [1.807, 2.05) is 0 Å². The molecule has 2 N–H and O–H groups in total. The van der Waals surface area contributed by atoms with Gasteiger partial charge in [-0.1, -0.05) is 24.3 Å². The van der Waals surface area contributed by atoms with Crippen LogP contribution < -0.4 is 5.56 Å². The molecule has 1 aromatic carbocycles. The van der Waals surface area contributed by atoms with Crippen LogP contribution in [0, 0.1) is 0 Å². The lowest BCUT2D eigenvalue weighted by molar-refractivity contribution is -0.138. The number of rotatable bonds is 2. The van der Waals surface area contributed by atoms with Gasteiger partial charge in [0.25, 0.3) is 5.91 Å². The van der Waals surface area contributed by atoms with E-state index in [9.17, 15) is 27.9 Å². The predicted octanol–water partition coefficient (Wildman–Crippen LogP) is 2.34. The van der Waals surface area contributed by atoms with Crippen molar-refractivity contribution in [1.82, 2.24) is 9.88 Å². The molecule has 1 fully saturated rings. The van der Waals surface area contributed by atoms with Crippen LogP contribution in [0.2, 0.25) is 0 Å². The van der Waals surface area contributed by atoms with Crippen LogP contribution in [0.25, 0.3) is 0 Å². The summed E-state index contributed by atoms with van der Waals surface area (Å²) in [5, 5.41) is 9.93. The Labute approximate surface area is 140 Å². The van der Waals surface area contributed by atoms with Crippen molar-refractivity contribution in [2.75, 3.05) is 6.54 Å². The number of halogens is 3. The lowest BCUT2D eigenvalue weighted by atomic mass is 9.97. The first kappa shape index (κ1) is 17.2. The number of benzene rings is 1. The van der Waals surface area contributed by atoms with Crippen molar-refractivity contribution in [2.45, 2.75) is 24.7 Å². The summed E-state index contributed by atoms with van der Waals surface area (Å²) >= 11 is 0. The first-order valence-corrected chi connectivity index (χ1v) is 7.62. The minimum Gasteiger partial charge on any atom is -0.391 e. The van der Waals surface area contributed by atoms with Gasteiger partial charge in [0, 0.05) is 12.6 Å². The second-order valence-corrected chi connectivity index (χ2v) is 5.88. The maximum absolute atomic E-state index is 13.3. The molecule has 1 aromatic heterocycles. The topological polar surface area (TPSA) is 73.4 Å². The summed E-state index contributed by atoms with van der Waals surface area (Å²) in [4.78, 5) is 27.6. The lowest BCUT2D eigenvalue weighted by Gasteiger charge is -2.27. The van der Waals surface area contributed by atoms with Crippen LogP contribution >= 0.6 is 0 Å². The molecule has 0 bridgehead atoms. The number of nitrogens with one attached hydrogen (secondary N) is 1. The Bertz CT molecular complexity index is 847. The number of β-amino-alcohol motifs (C(OH)–C–C–N with tert-alkyl or cyclic N) is 1. The van der Waals surface area contributed by atoms with E-state index in [1.165, 1.54) is 41.3 Å². The Hall–Kier alpha value is -2.61. The van der Waals surface area contributed by atoms with Crippen molar-refractivity contribution in [3.05, 3.63) is 69.6 Å². The molecular weight excluding hydrogens is 337 g/mol. The van der Waals surface area contributed by atoms with Gasteiger partial charge in [0.1, 0.15) is 5.69 Å². The molecule has 2 aromatic rings. The molecule has 2 atom stereocenters. The zero-order chi connectivity index (χ0) is 18.2. The Morgan fingerprint density at radius 1 is 1.16 bits per heavy atom. The fourth-order valence-electron chi connectivity index (χ4n) is 3.11. The van der Waals surface area contributed by atoms with Gasteiger partial charge in [-0.2, -0.15) is 13.2 Å². The molecular formula is C17H15F3N2O3. The molecule has 1 aliphatic heterocycles. The number of amides is 1. The highest BCUT2D eigenvalue weighted by molar-refractivity contribution is 5.92. The number of alkyl halides is 3. The molecule has 1 amide bonds. The average molecular weight is 352 g/mol. The van der Waals surface area contributed by atoms with Gasteiger partial charge in [-0.05, 0) is 24.1 Å². The van der Waals surface area contributed by atoms with E-state index in [1.54, 1.807) is 0 Å². The number of carbonyl (C=O) groups is 1. The summed E-state index contributed by atoms with van der Waals surface area (Å²) < 4.78 is 39.9. The third-order valence-electron chi connectivity index (χ3n) is 4.16. The zero-order valence-electron chi connectivity index (χ0n) is 13.0. The lowest BCUT2D eigenvalue weighted by Crippen LogP contribution is -2.34. The van der Waals surface area contributed by atoms with E-state index in [2.05, 4.69) is 4.98 Å². The van der Waals surface area contributed by atoms with E-state index >= 15 is 0 Å². The first-order chi connectivity index (χ1) is 11.8. The molecule has 0 radical (unpaired) electrons. The van der Waals surface area contributed by atoms with Crippen molar-refractivity contribution in [3.63, 3.8) is 0 Å². The number of nitrogens with zero attached hydrogens (tertiary/aromatic N) is 1.